The zero-order valence-corrected chi connectivity index (χ0v) is 18.8. The van der Waals surface area contributed by atoms with Gasteiger partial charge in [0.05, 0.1) is 13.2 Å². The first-order valence-corrected chi connectivity index (χ1v) is 11.0. The summed E-state index contributed by atoms with van der Waals surface area (Å²) in [6.07, 6.45) is -0.553. The number of rotatable bonds is 13. The van der Waals surface area contributed by atoms with E-state index in [4.69, 9.17) is 24.6 Å². The molecule has 0 rings (SSSR count). The van der Waals surface area contributed by atoms with Gasteiger partial charge in [-0.05, 0) is 41.0 Å². The molecule has 0 aromatic heterocycles. The van der Waals surface area contributed by atoms with Crippen molar-refractivity contribution in [3.8, 4) is 0 Å². The lowest BCUT2D eigenvalue weighted by Crippen LogP contribution is -2.49. The van der Waals surface area contributed by atoms with E-state index in [9.17, 15) is 23.7 Å². The van der Waals surface area contributed by atoms with Gasteiger partial charge in [-0.1, -0.05) is 0 Å². The number of esters is 1. The van der Waals surface area contributed by atoms with Crippen LogP contribution in [0.5, 0.6) is 0 Å². The number of amides is 2. The molecule has 0 saturated carbocycles. The van der Waals surface area contributed by atoms with E-state index >= 15 is 0 Å². The van der Waals surface area contributed by atoms with Crippen LogP contribution in [0.2, 0.25) is 0 Å². The lowest BCUT2D eigenvalue weighted by atomic mass is 10.1. The summed E-state index contributed by atoms with van der Waals surface area (Å²) in [5.41, 5.74) is 4.58. The molecule has 0 aromatic carbocycles. The smallest absolute Gasteiger partial charge is 0.362 e. The van der Waals surface area contributed by atoms with Crippen LogP contribution in [0.4, 0.5) is 0 Å². The SMILES string of the molecule is CCOP(=O)(OCC)C(NC(=O)CC[C@H](N)C(=O)O)C(=O)NCC(=O)OC(C)(C)C. The molecule has 174 valence electrons. The Kier molecular flexibility index (Phi) is 11.8. The van der Waals surface area contributed by atoms with Crippen molar-refractivity contribution in [2.45, 2.75) is 64.9 Å². The number of hydrogen-bond acceptors (Lipinski definition) is 9. The first-order valence-electron chi connectivity index (χ1n) is 9.41. The van der Waals surface area contributed by atoms with Gasteiger partial charge in [0, 0.05) is 6.42 Å². The number of nitrogens with one attached hydrogen (secondary N) is 2. The Balaban J connectivity index is 5.34. The second-order valence-electron chi connectivity index (χ2n) is 7.13. The number of carboxylic acid groups (broad SMARTS) is 1. The highest BCUT2D eigenvalue weighted by atomic mass is 31.2. The van der Waals surface area contributed by atoms with E-state index in [2.05, 4.69) is 10.6 Å². The van der Waals surface area contributed by atoms with E-state index in [1.54, 1.807) is 20.8 Å². The minimum absolute atomic E-state index is 0.0765. The summed E-state index contributed by atoms with van der Waals surface area (Å²) in [6, 6.07) is -1.28. The monoisotopic (exact) mass is 453 g/mol. The Morgan fingerprint density at radius 2 is 1.63 bits per heavy atom. The van der Waals surface area contributed by atoms with Crippen LogP contribution in [-0.4, -0.2) is 66.0 Å². The van der Waals surface area contributed by atoms with Crippen molar-refractivity contribution in [2.24, 2.45) is 5.73 Å². The van der Waals surface area contributed by atoms with Crippen molar-refractivity contribution in [1.82, 2.24) is 10.6 Å². The van der Waals surface area contributed by atoms with Crippen molar-refractivity contribution < 1.29 is 42.6 Å². The van der Waals surface area contributed by atoms with Gasteiger partial charge in [0.2, 0.25) is 11.7 Å². The van der Waals surface area contributed by atoms with Gasteiger partial charge in [-0.25, -0.2) is 0 Å². The van der Waals surface area contributed by atoms with Gasteiger partial charge < -0.3 is 35.3 Å². The minimum Gasteiger partial charge on any atom is -0.480 e. The molecule has 0 bridgehead atoms. The van der Waals surface area contributed by atoms with Gasteiger partial charge in [-0.15, -0.1) is 0 Å². The van der Waals surface area contributed by atoms with Crippen LogP contribution in [0.3, 0.4) is 0 Å². The molecule has 0 aliphatic carbocycles. The second-order valence-corrected chi connectivity index (χ2v) is 9.25. The first-order chi connectivity index (χ1) is 13.8. The summed E-state index contributed by atoms with van der Waals surface area (Å²) >= 11 is 0. The molecule has 30 heavy (non-hydrogen) atoms. The first kappa shape index (κ1) is 28.0. The lowest BCUT2D eigenvalue weighted by Gasteiger charge is -2.26. The molecule has 0 spiro atoms. The molecule has 12 nitrogen and oxygen atoms in total. The number of ether oxygens (including phenoxy) is 1. The summed E-state index contributed by atoms with van der Waals surface area (Å²) in [6.45, 7) is 7.30. The summed E-state index contributed by atoms with van der Waals surface area (Å²) < 4.78 is 28.4. The zero-order chi connectivity index (χ0) is 23.5. The van der Waals surface area contributed by atoms with Gasteiger partial charge in [0.25, 0.3) is 5.91 Å². The van der Waals surface area contributed by atoms with Crippen LogP contribution in [0, 0.1) is 0 Å². The van der Waals surface area contributed by atoms with Crippen LogP contribution in [-0.2, 0) is 37.5 Å². The van der Waals surface area contributed by atoms with Crippen LogP contribution >= 0.6 is 7.60 Å². The summed E-state index contributed by atoms with van der Waals surface area (Å²) in [5.74, 6) is -5.56. The number of carboxylic acids is 1. The van der Waals surface area contributed by atoms with E-state index in [1.165, 1.54) is 13.8 Å². The van der Waals surface area contributed by atoms with Crippen molar-refractivity contribution in [1.29, 1.82) is 0 Å². The summed E-state index contributed by atoms with van der Waals surface area (Å²) in [5, 5.41) is 13.3. The fourth-order valence-electron chi connectivity index (χ4n) is 2.10. The highest BCUT2D eigenvalue weighted by Crippen LogP contribution is 2.52. The third-order valence-corrected chi connectivity index (χ3v) is 5.54. The molecule has 2 amide bonds. The third kappa shape index (κ3) is 10.7. The van der Waals surface area contributed by atoms with Gasteiger partial charge in [0.15, 0.2) is 0 Å². The van der Waals surface area contributed by atoms with Crippen molar-refractivity contribution in [2.75, 3.05) is 19.8 Å². The van der Waals surface area contributed by atoms with Crippen molar-refractivity contribution in [3.05, 3.63) is 0 Å². The number of hydrogen-bond donors (Lipinski definition) is 4. The molecule has 13 heteroatoms. The predicted octanol–water partition coefficient (Wildman–Crippen LogP) is 0.345. The van der Waals surface area contributed by atoms with E-state index in [0.717, 1.165) is 0 Å². The minimum atomic E-state index is -4.15. The lowest BCUT2D eigenvalue weighted by molar-refractivity contribution is -0.154. The molecular weight excluding hydrogens is 421 g/mol. The van der Waals surface area contributed by atoms with E-state index in [-0.39, 0.29) is 26.1 Å². The van der Waals surface area contributed by atoms with Crippen molar-refractivity contribution >= 4 is 31.3 Å². The Labute approximate surface area is 175 Å². The largest absolute Gasteiger partial charge is 0.480 e. The number of carbonyl (C=O) groups excluding carboxylic acids is 3. The van der Waals surface area contributed by atoms with Crippen LogP contribution in [0.1, 0.15) is 47.5 Å². The molecule has 5 N–H and O–H groups in total. The molecule has 0 heterocycles. The molecule has 2 atom stereocenters. The summed E-state index contributed by atoms with van der Waals surface area (Å²) in [4.78, 5) is 47.4. The molecule has 0 aliphatic rings. The van der Waals surface area contributed by atoms with Gasteiger partial charge in [-0.2, -0.15) is 0 Å². The number of aliphatic carboxylic acids is 1. The van der Waals surface area contributed by atoms with Crippen LogP contribution < -0.4 is 16.4 Å². The average molecular weight is 453 g/mol. The van der Waals surface area contributed by atoms with Crippen LogP contribution in [0.25, 0.3) is 0 Å². The third-order valence-electron chi connectivity index (χ3n) is 3.31. The Morgan fingerprint density at radius 1 is 1.10 bits per heavy atom. The number of carbonyl (C=O) groups is 4. The molecular formula is C17H32N3O9P. The molecule has 0 aliphatic heterocycles. The average Bonchev–Trinajstić information content (AvgIpc) is 2.60. The Morgan fingerprint density at radius 3 is 2.07 bits per heavy atom. The molecule has 0 fully saturated rings. The zero-order valence-electron chi connectivity index (χ0n) is 17.9. The highest BCUT2D eigenvalue weighted by Gasteiger charge is 2.42. The normalized spacial score (nSPS) is 13.8. The van der Waals surface area contributed by atoms with Gasteiger partial charge in [0.1, 0.15) is 18.2 Å². The molecule has 0 radical (unpaired) electrons. The Hall–Kier alpha value is -2.01. The van der Waals surface area contributed by atoms with E-state index < -0.39 is 55.3 Å². The van der Waals surface area contributed by atoms with Crippen LogP contribution in [0.15, 0.2) is 0 Å². The maximum atomic E-state index is 13.1. The maximum Gasteiger partial charge on any atom is 0.362 e. The van der Waals surface area contributed by atoms with Gasteiger partial charge >= 0.3 is 19.5 Å². The maximum absolute atomic E-state index is 13.1. The van der Waals surface area contributed by atoms with E-state index in [1.807, 2.05) is 0 Å². The predicted molar refractivity (Wildman–Crippen MR) is 106 cm³/mol. The van der Waals surface area contributed by atoms with Crippen molar-refractivity contribution in [3.63, 3.8) is 0 Å². The highest BCUT2D eigenvalue weighted by molar-refractivity contribution is 7.55. The Bertz CT molecular complexity index is 653. The molecule has 0 saturated heterocycles. The van der Waals surface area contributed by atoms with Gasteiger partial charge in [-0.3, -0.25) is 23.7 Å². The quantitative estimate of drug-likeness (QED) is 0.224. The second kappa shape index (κ2) is 12.6. The standard InChI is InChI=1S/C17H32N3O9P/c1-6-27-30(26,28-7-2)15(20-12(21)9-8-11(18)16(24)25)14(23)19-10-13(22)29-17(3,4)5/h11,15H,6-10,18H2,1-5H3,(H,19,23)(H,20,21)(H,24,25)/t11-,15?/m0/s1. The fraction of sp³-hybridized carbons (Fsp3) is 0.765. The molecule has 1 unspecified atom stereocenters. The van der Waals surface area contributed by atoms with E-state index in [0.29, 0.717) is 0 Å². The molecule has 0 aromatic rings. The fourth-order valence-corrected chi connectivity index (χ4v) is 3.88. The topological polar surface area (TPSA) is 183 Å². The summed E-state index contributed by atoms with van der Waals surface area (Å²) in [7, 11) is -4.15. The number of nitrogens with two attached hydrogens (primary N) is 1.